The van der Waals surface area contributed by atoms with Gasteiger partial charge in [0, 0.05) is 22.9 Å². The molecule has 0 aliphatic heterocycles. The maximum Gasteiger partial charge on any atom is 0.189 e. The Kier molecular flexibility index (Phi) is 2.88. The van der Waals surface area contributed by atoms with E-state index in [2.05, 4.69) is 4.98 Å². The molecule has 1 aliphatic carbocycles. The molecule has 1 aromatic carbocycles. The molecule has 0 bridgehead atoms. The Morgan fingerprint density at radius 3 is 2.79 bits per heavy atom. The minimum Gasteiger partial charge on any atom is -0.508 e. The SMILES string of the molecule is O=C1/C(=C/c2ccccn2)CCc2c(O)cccc21. The zero-order valence-corrected chi connectivity index (χ0v) is 10.3. The predicted molar refractivity (Wildman–Crippen MR) is 73.0 cm³/mol. The highest BCUT2D eigenvalue weighted by molar-refractivity contribution is 6.13. The number of aromatic nitrogens is 1. The molecule has 0 amide bonds. The number of rotatable bonds is 1. The summed E-state index contributed by atoms with van der Waals surface area (Å²) in [4.78, 5) is 16.6. The number of Topliss-reactive ketones (excluding diaryl/α,β-unsaturated/α-hetero) is 1. The minimum atomic E-state index is -0.0113. The third-order valence-corrected chi connectivity index (χ3v) is 3.34. The molecule has 0 saturated carbocycles. The molecule has 19 heavy (non-hydrogen) atoms. The zero-order chi connectivity index (χ0) is 13.2. The van der Waals surface area contributed by atoms with Crippen LogP contribution in [0.3, 0.4) is 0 Å². The average molecular weight is 251 g/mol. The smallest absolute Gasteiger partial charge is 0.189 e. The Labute approximate surface area is 111 Å². The van der Waals surface area contributed by atoms with Crippen LogP contribution < -0.4 is 0 Å². The number of ketones is 1. The summed E-state index contributed by atoms with van der Waals surface area (Å²) in [6, 6.07) is 10.7. The van der Waals surface area contributed by atoms with Crippen LogP contribution in [-0.2, 0) is 6.42 Å². The van der Waals surface area contributed by atoms with Crippen LogP contribution in [0.5, 0.6) is 5.75 Å². The number of benzene rings is 1. The fourth-order valence-corrected chi connectivity index (χ4v) is 2.37. The first-order valence-electron chi connectivity index (χ1n) is 6.23. The zero-order valence-electron chi connectivity index (χ0n) is 10.3. The number of pyridine rings is 1. The molecule has 2 aromatic rings. The normalized spacial score (nSPS) is 16.4. The number of aromatic hydroxyl groups is 1. The van der Waals surface area contributed by atoms with Gasteiger partial charge in [-0.15, -0.1) is 0 Å². The summed E-state index contributed by atoms with van der Waals surface area (Å²) in [7, 11) is 0. The lowest BCUT2D eigenvalue weighted by molar-refractivity contribution is 0.102. The van der Waals surface area contributed by atoms with Gasteiger partial charge in [-0.1, -0.05) is 18.2 Å². The van der Waals surface area contributed by atoms with Crippen molar-refractivity contribution in [1.29, 1.82) is 0 Å². The van der Waals surface area contributed by atoms with Gasteiger partial charge in [0.1, 0.15) is 5.75 Å². The molecule has 3 rings (SSSR count). The van der Waals surface area contributed by atoms with Gasteiger partial charge < -0.3 is 5.11 Å². The van der Waals surface area contributed by atoms with Crippen LogP contribution in [0.4, 0.5) is 0 Å². The molecule has 3 nitrogen and oxygen atoms in total. The van der Waals surface area contributed by atoms with Gasteiger partial charge in [0.05, 0.1) is 5.69 Å². The number of hydrogen-bond donors (Lipinski definition) is 1. The van der Waals surface area contributed by atoms with Crippen molar-refractivity contribution in [3.05, 3.63) is 65.0 Å². The van der Waals surface area contributed by atoms with E-state index in [9.17, 15) is 9.90 Å². The molecule has 0 spiro atoms. The summed E-state index contributed by atoms with van der Waals surface area (Å²) in [6.45, 7) is 0. The number of nitrogens with zero attached hydrogens (tertiary/aromatic N) is 1. The first kappa shape index (κ1) is 11.7. The lowest BCUT2D eigenvalue weighted by Gasteiger charge is -2.18. The first-order valence-corrected chi connectivity index (χ1v) is 6.23. The molecule has 1 N–H and O–H groups in total. The maximum absolute atomic E-state index is 12.4. The number of phenols is 1. The Morgan fingerprint density at radius 1 is 1.11 bits per heavy atom. The number of carbonyl (C=O) groups is 1. The van der Waals surface area contributed by atoms with Crippen molar-refractivity contribution >= 4 is 11.9 Å². The average Bonchev–Trinajstić information content (AvgIpc) is 2.44. The van der Waals surface area contributed by atoms with Crippen LogP contribution in [0.25, 0.3) is 6.08 Å². The van der Waals surface area contributed by atoms with Crippen molar-refractivity contribution in [2.45, 2.75) is 12.8 Å². The Bertz CT molecular complexity index is 660. The molecule has 0 atom stereocenters. The summed E-state index contributed by atoms with van der Waals surface area (Å²) < 4.78 is 0. The minimum absolute atomic E-state index is 0.0113. The maximum atomic E-state index is 12.4. The Morgan fingerprint density at radius 2 is 2.00 bits per heavy atom. The summed E-state index contributed by atoms with van der Waals surface area (Å²) in [6.07, 6.45) is 4.86. The molecule has 94 valence electrons. The van der Waals surface area contributed by atoms with Gasteiger partial charge in [0.15, 0.2) is 5.78 Å². The van der Waals surface area contributed by atoms with Gasteiger partial charge in [-0.25, -0.2) is 0 Å². The summed E-state index contributed by atoms with van der Waals surface area (Å²) in [5, 5.41) is 9.77. The molecule has 1 aromatic heterocycles. The van der Waals surface area contributed by atoms with Crippen LogP contribution in [0, 0.1) is 0 Å². The van der Waals surface area contributed by atoms with E-state index < -0.39 is 0 Å². The number of allylic oxidation sites excluding steroid dienone is 1. The van der Waals surface area contributed by atoms with Crippen molar-refractivity contribution in [2.75, 3.05) is 0 Å². The van der Waals surface area contributed by atoms with Gasteiger partial charge in [-0.05, 0) is 37.1 Å². The van der Waals surface area contributed by atoms with Crippen LogP contribution in [0.1, 0.15) is 28.0 Å². The molecule has 0 unspecified atom stereocenters. The third kappa shape index (κ3) is 2.15. The van der Waals surface area contributed by atoms with Crippen LogP contribution in [0.15, 0.2) is 48.2 Å². The Hall–Kier alpha value is -2.42. The fraction of sp³-hybridized carbons (Fsp3) is 0.125. The lowest BCUT2D eigenvalue weighted by Crippen LogP contribution is -2.14. The second-order valence-corrected chi connectivity index (χ2v) is 4.56. The standard InChI is InChI=1S/C16H13NO2/c18-15-6-3-5-14-13(15)8-7-11(16(14)19)10-12-4-1-2-9-17-12/h1-6,9-10,18H,7-8H2/b11-10+. The number of carbonyl (C=O) groups excluding carboxylic acids is 1. The largest absolute Gasteiger partial charge is 0.508 e. The van der Waals surface area contributed by atoms with Crippen molar-refractivity contribution in [1.82, 2.24) is 4.98 Å². The van der Waals surface area contributed by atoms with E-state index in [0.29, 0.717) is 18.4 Å². The lowest BCUT2D eigenvalue weighted by atomic mass is 9.86. The monoisotopic (exact) mass is 251 g/mol. The van der Waals surface area contributed by atoms with Gasteiger partial charge in [-0.3, -0.25) is 9.78 Å². The predicted octanol–water partition coefficient (Wildman–Crippen LogP) is 3.00. The second kappa shape index (κ2) is 4.69. The summed E-state index contributed by atoms with van der Waals surface area (Å²) in [5.74, 6) is 0.200. The van der Waals surface area contributed by atoms with E-state index in [0.717, 1.165) is 16.8 Å². The van der Waals surface area contributed by atoms with Crippen LogP contribution in [0.2, 0.25) is 0 Å². The topological polar surface area (TPSA) is 50.2 Å². The summed E-state index contributed by atoms with van der Waals surface area (Å²) >= 11 is 0. The quantitative estimate of drug-likeness (QED) is 0.793. The number of hydrogen-bond acceptors (Lipinski definition) is 3. The van der Waals surface area contributed by atoms with Gasteiger partial charge in [0.2, 0.25) is 0 Å². The van der Waals surface area contributed by atoms with E-state index in [1.165, 1.54) is 0 Å². The van der Waals surface area contributed by atoms with Crippen molar-refractivity contribution < 1.29 is 9.90 Å². The van der Waals surface area contributed by atoms with E-state index in [1.807, 2.05) is 24.3 Å². The van der Waals surface area contributed by atoms with E-state index in [1.54, 1.807) is 24.4 Å². The molecule has 0 fully saturated rings. The summed E-state index contributed by atoms with van der Waals surface area (Å²) in [5.41, 5.74) is 2.89. The van der Waals surface area contributed by atoms with E-state index >= 15 is 0 Å². The van der Waals surface area contributed by atoms with E-state index in [-0.39, 0.29) is 11.5 Å². The highest BCUT2D eigenvalue weighted by Gasteiger charge is 2.23. The molecular formula is C16H13NO2. The van der Waals surface area contributed by atoms with Gasteiger partial charge in [-0.2, -0.15) is 0 Å². The highest BCUT2D eigenvalue weighted by Crippen LogP contribution is 2.31. The van der Waals surface area contributed by atoms with Crippen molar-refractivity contribution in [2.24, 2.45) is 0 Å². The molecule has 3 heteroatoms. The molecule has 0 saturated heterocycles. The molecule has 1 aliphatic rings. The van der Waals surface area contributed by atoms with Crippen LogP contribution in [-0.4, -0.2) is 15.9 Å². The van der Waals surface area contributed by atoms with Gasteiger partial charge in [0.25, 0.3) is 0 Å². The molecule has 0 radical (unpaired) electrons. The molecular weight excluding hydrogens is 238 g/mol. The fourth-order valence-electron chi connectivity index (χ4n) is 2.37. The van der Waals surface area contributed by atoms with Gasteiger partial charge >= 0.3 is 0 Å². The van der Waals surface area contributed by atoms with Crippen LogP contribution >= 0.6 is 0 Å². The Balaban J connectivity index is 2.01. The van der Waals surface area contributed by atoms with Crippen molar-refractivity contribution in [3.8, 4) is 5.75 Å². The second-order valence-electron chi connectivity index (χ2n) is 4.56. The number of phenolic OH excluding ortho intramolecular Hbond substituents is 1. The number of fused-ring (bicyclic) bond motifs is 1. The highest BCUT2D eigenvalue weighted by atomic mass is 16.3. The molecule has 1 heterocycles. The first-order chi connectivity index (χ1) is 9.25. The van der Waals surface area contributed by atoms with E-state index in [4.69, 9.17) is 0 Å². The van der Waals surface area contributed by atoms with Crippen molar-refractivity contribution in [3.63, 3.8) is 0 Å². The third-order valence-electron chi connectivity index (χ3n) is 3.34.